The van der Waals surface area contributed by atoms with Crippen molar-refractivity contribution in [2.75, 3.05) is 20.2 Å². The fourth-order valence-electron chi connectivity index (χ4n) is 1.75. The van der Waals surface area contributed by atoms with Gasteiger partial charge in [0.25, 0.3) is 0 Å². The van der Waals surface area contributed by atoms with Gasteiger partial charge in [0.1, 0.15) is 0 Å². The lowest BCUT2D eigenvalue weighted by atomic mass is 9.78. The van der Waals surface area contributed by atoms with Gasteiger partial charge in [-0.25, -0.2) is 0 Å². The second kappa shape index (κ2) is 4.94. The molecule has 0 radical (unpaired) electrons. The Bertz CT molecular complexity index is 142. The van der Waals surface area contributed by atoms with Crippen molar-refractivity contribution < 1.29 is 4.74 Å². The lowest BCUT2D eigenvalue weighted by Crippen LogP contribution is -2.49. The van der Waals surface area contributed by atoms with E-state index >= 15 is 0 Å². The Labute approximate surface area is 81.0 Å². The Morgan fingerprint density at radius 3 is 2.62 bits per heavy atom. The van der Waals surface area contributed by atoms with Crippen LogP contribution in [0.2, 0.25) is 0 Å². The maximum atomic E-state index is 5.53. The van der Waals surface area contributed by atoms with Gasteiger partial charge in [-0.15, -0.1) is 0 Å². The summed E-state index contributed by atoms with van der Waals surface area (Å²) in [5.74, 6) is 0. The zero-order chi connectivity index (χ0) is 9.73. The van der Waals surface area contributed by atoms with Crippen LogP contribution in [0.25, 0.3) is 0 Å². The summed E-state index contributed by atoms with van der Waals surface area (Å²) in [5, 5.41) is 3.56. The van der Waals surface area contributed by atoms with E-state index in [0.717, 1.165) is 13.0 Å². The van der Waals surface area contributed by atoms with Crippen molar-refractivity contribution in [3.8, 4) is 0 Å². The minimum Gasteiger partial charge on any atom is -0.380 e. The highest BCUT2D eigenvalue weighted by molar-refractivity contribution is 4.91. The molecule has 0 saturated heterocycles. The third kappa shape index (κ3) is 3.25. The van der Waals surface area contributed by atoms with Gasteiger partial charge in [0.15, 0.2) is 0 Å². The summed E-state index contributed by atoms with van der Waals surface area (Å²) in [5.41, 5.74) is 5.94. The monoisotopic (exact) mass is 186 g/mol. The van der Waals surface area contributed by atoms with Crippen molar-refractivity contribution in [2.24, 2.45) is 5.73 Å². The van der Waals surface area contributed by atoms with Crippen molar-refractivity contribution in [3.63, 3.8) is 0 Å². The number of rotatable bonds is 6. The number of ether oxygens (including phenoxy) is 1. The Kier molecular flexibility index (Phi) is 4.16. The molecule has 3 N–H and O–H groups in total. The van der Waals surface area contributed by atoms with Crippen LogP contribution in [0, 0.1) is 0 Å². The SMILES string of the molecule is COC(CN)CCNC1(C)CCC1. The number of hydrogen-bond donors (Lipinski definition) is 2. The highest BCUT2D eigenvalue weighted by Crippen LogP contribution is 2.30. The van der Waals surface area contributed by atoms with Gasteiger partial charge in [-0.3, -0.25) is 0 Å². The van der Waals surface area contributed by atoms with Crippen LogP contribution in [-0.2, 0) is 4.74 Å². The summed E-state index contributed by atoms with van der Waals surface area (Å²) in [6.45, 7) is 3.93. The average molecular weight is 186 g/mol. The summed E-state index contributed by atoms with van der Waals surface area (Å²) in [7, 11) is 1.72. The van der Waals surface area contributed by atoms with Crippen LogP contribution >= 0.6 is 0 Å². The summed E-state index contributed by atoms with van der Waals surface area (Å²) < 4.78 is 5.20. The molecule has 3 nitrogen and oxygen atoms in total. The molecule has 0 aromatic heterocycles. The molecule has 13 heavy (non-hydrogen) atoms. The minimum absolute atomic E-state index is 0.219. The second-order valence-electron chi connectivity index (χ2n) is 4.22. The molecule has 1 unspecified atom stereocenters. The van der Waals surface area contributed by atoms with Crippen LogP contribution in [-0.4, -0.2) is 31.8 Å². The smallest absolute Gasteiger partial charge is 0.0705 e. The van der Waals surface area contributed by atoms with Gasteiger partial charge < -0.3 is 15.8 Å². The molecule has 0 spiro atoms. The molecule has 0 amide bonds. The molecular weight excluding hydrogens is 164 g/mol. The lowest BCUT2D eigenvalue weighted by molar-refractivity contribution is 0.0960. The van der Waals surface area contributed by atoms with Crippen LogP contribution in [0.4, 0.5) is 0 Å². The van der Waals surface area contributed by atoms with Gasteiger partial charge in [-0.2, -0.15) is 0 Å². The highest BCUT2D eigenvalue weighted by Gasteiger charge is 2.30. The van der Waals surface area contributed by atoms with Gasteiger partial charge in [0, 0.05) is 19.2 Å². The molecule has 3 heteroatoms. The third-order valence-corrected chi connectivity index (χ3v) is 3.07. The normalized spacial score (nSPS) is 22.4. The van der Waals surface area contributed by atoms with Crippen LogP contribution < -0.4 is 11.1 Å². The molecule has 1 aliphatic carbocycles. The van der Waals surface area contributed by atoms with Gasteiger partial charge in [-0.1, -0.05) is 0 Å². The molecule has 0 aliphatic heterocycles. The molecule has 1 saturated carbocycles. The predicted octanol–water partition coefficient (Wildman–Crippen LogP) is 0.882. The van der Waals surface area contributed by atoms with E-state index in [0.29, 0.717) is 12.1 Å². The fourth-order valence-corrected chi connectivity index (χ4v) is 1.75. The first-order chi connectivity index (χ1) is 6.20. The predicted molar refractivity (Wildman–Crippen MR) is 54.7 cm³/mol. The maximum Gasteiger partial charge on any atom is 0.0705 e. The number of nitrogens with two attached hydrogens (primary N) is 1. The highest BCUT2D eigenvalue weighted by atomic mass is 16.5. The molecule has 1 atom stereocenters. The molecule has 0 bridgehead atoms. The van der Waals surface area contributed by atoms with E-state index in [4.69, 9.17) is 10.5 Å². The largest absolute Gasteiger partial charge is 0.380 e. The van der Waals surface area contributed by atoms with Crippen molar-refractivity contribution in [1.29, 1.82) is 0 Å². The Morgan fingerprint density at radius 2 is 2.23 bits per heavy atom. The molecule has 1 aliphatic rings. The molecule has 0 aromatic rings. The van der Waals surface area contributed by atoms with Gasteiger partial charge in [-0.05, 0) is 39.2 Å². The van der Waals surface area contributed by atoms with Gasteiger partial charge in [0.05, 0.1) is 6.10 Å². The summed E-state index contributed by atoms with van der Waals surface area (Å²) in [4.78, 5) is 0. The topological polar surface area (TPSA) is 47.3 Å². The molecular formula is C10H22N2O. The Balaban J connectivity index is 2.05. The first-order valence-electron chi connectivity index (χ1n) is 5.18. The van der Waals surface area contributed by atoms with E-state index < -0.39 is 0 Å². The zero-order valence-corrected chi connectivity index (χ0v) is 8.81. The number of nitrogens with one attached hydrogen (secondary N) is 1. The number of hydrogen-bond acceptors (Lipinski definition) is 3. The van der Waals surface area contributed by atoms with Crippen LogP contribution in [0.5, 0.6) is 0 Å². The summed E-state index contributed by atoms with van der Waals surface area (Å²) >= 11 is 0. The Hall–Kier alpha value is -0.120. The van der Waals surface area contributed by atoms with E-state index in [1.54, 1.807) is 7.11 Å². The van der Waals surface area contributed by atoms with Crippen LogP contribution in [0.3, 0.4) is 0 Å². The van der Waals surface area contributed by atoms with E-state index in [2.05, 4.69) is 12.2 Å². The van der Waals surface area contributed by atoms with E-state index in [-0.39, 0.29) is 6.10 Å². The molecule has 1 fully saturated rings. The quantitative estimate of drug-likeness (QED) is 0.647. The van der Waals surface area contributed by atoms with Gasteiger partial charge >= 0.3 is 0 Å². The molecule has 0 heterocycles. The van der Waals surface area contributed by atoms with Crippen molar-refractivity contribution in [2.45, 2.75) is 44.2 Å². The third-order valence-electron chi connectivity index (χ3n) is 3.07. The fraction of sp³-hybridized carbons (Fsp3) is 1.00. The maximum absolute atomic E-state index is 5.53. The van der Waals surface area contributed by atoms with Crippen LogP contribution in [0.15, 0.2) is 0 Å². The van der Waals surface area contributed by atoms with Crippen molar-refractivity contribution in [3.05, 3.63) is 0 Å². The minimum atomic E-state index is 0.219. The first kappa shape index (κ1) is 11.0. The summed E-state index contributed by atoms with van der Waals surface area (Å²) in [6.07, 6.45) is 5.23. The molecule has 1 rings (SSSR count). The lowest BCUT2D eigenvalue weighted by Gasteiger charge is -2.39. The Morgan fingerprint density at radius 1 is 1.54 bits per heavy atom. The van der Waals surface area contributed by atoms with Gasteiger partial charge in [0.2, 0.25) is 0 Å². The second-order valence-corrected chi connectivity index (χ2v) is 4.22. The van der Waals surface area contributed by atoms with Crippen molar-refractivity contribution in [1.82, 2.24) is 5.32 Å². The van der Waals surface area contributed by atoms with E-state index in [1.165, 1.54) is 19.3 Å². The zero-order valence-electron chi connectivity index (χ0n) is 8.81. The number of methoxy groups -OCH3 is 1. The average Bonchev–Trinajstić information content (AvgIpc) is 2.10. The molecule has 0 aromatic carbocycles. The van der Waals surface area contributed by atoms with Crippen LogP contribution in [0.1, 0.15) is 32.6 Å². The standard InChI is InChI=1S/C10H22N2O/c1-10(5-3-6-10)12-7-4-9(8-11)13-2/h9,12H,3-8,11H2,1-2H3. The summed E-state index contributed by atoms with van der Waals surface area (Å²) in [6, 6.07) is 0. The molecule has 78 valence electrons. The first-order valence-corrected chi connectivity index (χ1v) is 5.18. The van der Waals surface area contributed by atoms with E-state index in [9.17, 15) is 0 Å². The van der Waals surface area contributed by atoms with Crippen molar-refractivity contribution >= 4 is 0 Å². The van der Waals surface area contributed by atoms with E-state index in [1.807, 2.05) is 0 Å².